The number of anilines is 1. The van der Waals surface area contributed by atoms with E-state index in [1.165, 1.54) is 5.56 Å². The lowest BCUT2D eigenvalue weighted by atomic mass is 10.1. The maximum absolute atomic E-state index is 5.83. The Balaban J connectivity index is 1.98. The number of aromatic nitrogens is 1. The van der Waals surface area contributed by atoms with Crippen molar-refractivity contribution in [3.05, 3.63) is 47.7 Å². The van der Waals surface area contributed by atoms with Gasteiger partial charge in [0.05, 0.1) is 7.11 Å². The lowest BCUT2D eigenvalue weighted by Crippen LogP contribution is -1.95. The Bertz CT molecular complexity index is 651. The van der Waals surface area contributed by atoms with Crippen molar-refractivity contribution >= 4 is 11.9 Å². The molecule has 0 saturated heterocycles. The van der Waals surface area contributed by atoms with Crippen LogP contribution in [0.4, 0.5) is 5.82 Å². The summed E-state index contributed by atoms with van der Waals surface area (Å²) in [6, 6.07) is 7.44. The van der Waals surface area contributed by atoms with Gasteiger partial charge in [0.2, 0.25) is 0 Å². The van der Waals surface area contributed by atoms with Crippen molar-refractivity contribution in [1.82, 2.24) is 4.98 Å². The van der Waals surface area contributed by atoms with E-state index in [0.717, 1.165) is 17.7 Å². The highest BCUT2D eigenvalue weighted by atomic mass is 16.5. The second-order valence-electron chi connectivity index (χ2n) is 4.33. The fourth-order valence-corrected chi connectivity index (χ4v) is 2.12. The Morgan fingerprint density at radius 3 is 2.89 bits per heavy atom. The highest BCUT2D eigenvalue weighted by molar-refractivity contribution is 5.65. The Morgan fingerprint density at radius 1 is 1.21 bits per heavy atom. The van der Waals surface area contributed by atoms with Gasteiger partial charge in [-0.2, -0.15) is 0 Å². The number of fused-ring (bicyclic) bond motifs is 1. The first-order valence-electron chi connectivity index (χ1n) is 6.03. The van der Waals surface area contributed by atoms with Crippen LogP contribution in [-0.2, 0) is 6.42 Å². The summed E-state index contributed by atoms with van der Waals surface area (Å²) in [6.07, 6.45) is 6.76. The summed E-state index contributed by atoms with van der Waals surface area (Å²) in [7, 11) is 1.64. The molecule has 2 aromatic rings. The maximum atomic E-state index is 5.83. The van der Waals surface area contributed by atoms with Crippen LogP contribution in [-0.4, -0.2) is 12.1 Å². The van der Waals surface area contributed by atoms with Crippen LogP contribution in [0.5, 0.6) is 17.2 Å². The standard InChI is InChI=1S/C15H14N2O2/c1-18-13-7-10-3-2-4-11(10)8-14(13)19-12-5-6-17-15(16)9-12/h2,4-9H,3H2,1H3,(H2,16,17). The molecule has 0 amide bonds. The monoisotopic (exact) mass is 254 g/mol. The summed E-state index contributed by atoms with van der Waals surface area (Å²) in [5.41, 5.74) is 8.05. The van der Waals surface area contributed by atoms with Gasteiger partial charge in [0.15, 0.2) is 11.5 Å². The number of nitrogen functional groups attached to an aromatic ring is 1. The summed E-state index contributed by atoms with van der Waals surface area (Å²) in [5, 5.41) is 0. The predicted octanol–water partition coefficient (Wildman–Crippen LogP) is 3.03. The minimum absolute atomic E-state index is 0.428. The van der Waals surface area contributed by atoms with Crippen LogP contribution < -0.4 is 15.2 Å². The first-order valence-corrected chi connectivity index (χ1v) is 6.03. The molecule has 0 bridgehead atoms. The van der Waals surface area contributed by atoms with E-state index in [-0.39, 0.29) is 0 Å². The minimum atomic E-state index is 0.428. The highest BCUT2D eigenvalue weighted by Crippen LogP contribution is 2.36. The number of nitrogens with two attached hydrogens (primary N) is 1. The molecule has 1 aliphatic rings. The number of ether oxygens (including phenoxy) is 2. The van der Waals surface area contributed by atoms with Crippen LogP contribution in [0.3, 0.4) is 0 Å². The molecule has 0 unspecified atom stereocenters. The van der Waals surface area contributed by atoms with Gasteiger partial charge in [0.25, 0.3) is 0 Å². The van der Waals surface area contributed by atoms with Gasteiger partial charge in [0, 0.05) is 12.3 Å². The van der Waals surface area contributed by atoms with Gasteiger partial charge in [-0.15, -0.1) is 0 Å². The normalized spacial score (nSPS) is 12.3. The number of rotatable bonds is 3. The second kappa shape index (κ2) is 4.65. The number of methoxy groups -OCH3 is 1. The van der Waals surface area contributed by atoms with Crippen LogP contribution in [0.2, 0.25) is 0 Å². The van der Waals surface area contributed by atoms with Crippen molar-refractivity contribution in [2.75, 3.05) is 12.8 Å². The van der Waals surface area contributed by atoms with E-state index in [2.05, 4.69) is 17.1 Å². The molecule has 96 valence electrons. The molecular formula is C15H14N2O2. The summed E-state index contributed by atoms with van der Waals surface area (Å²) >= 11 is 0. The number of benzene rings is 1. The van der Waals surface area contributed by atoms with Crippen LogP contribution in [0, 0.1) is 0 Å². The Labute approximate surface area is 111 Å². The molecule has 2 N–H and O–H groups in total. The van der Waals surface area contributed by atoms with E-state index in [9.17, 15) is 0 Å². The number of nitrogens with zero attached hydrogens (tertiary/aromatic N) is 1. The van der Waals surface area contributed by atoms with Gasteiger partial charge in [-0.05, 0) is 35.7 Å². The molecule has 0 atom stereocenters. The zero-order valence-electron chi connectivity index (χ0n) is 10.6. The number of hydrogen-bond acceptors (Lipinski definition) is 4. The van der Waals surface area contributed by atoms with Crippen molar-refractivity contribution in [3.8, 4) is 17.2 Å². The van der Waals surface area contributed by atoms with E-state index in [1.54, 1.807) is 25.4 Å². The van der Waals surface area contributed by atoms with Crippen molar-refractivity contribution in [3.63, 3.8) is 0 Å². The summed E-state index contributed by atoms with van der Waals surface area (Å²) in [6.45, 7) is 0. The van der Waals surface area contributed by atoms with E-state index in [0.29, 0.717) is 17.3 Å². The van der Waals surface area contributed by atoms with Crippen LogP contribution in [0.15, 0.2) is 36.5 Å². The van der Waals surface area contributed by atoms with Crippen molar-refractivity contribution in [2.45, 2.75) is 6.42 Å². The summed E-state index contributed by atoms with van der Waals surface area (Å²) in [5.74, 6) is 2.47. The maximum Gasteiger partial charge on any atom is 0.169 e. The van der Waals surface area contributed by atoms with Gasteiger partial charge in [-0.25, -0.2) is 4.98 Å². The highest BCUT2D eigenvalue weighted by Gasteiger charge is 2.13. The van der Waals surface area contributed by atoms with Gasteiger partial charge >= 0.3 is 0 Å². The molecule has 4 nitrogen and oxygen atoms in total. The largest absolute Gasteiger partial charge is 0.493 e. The number of pyridine rings is 1. The van der Waals surface area contributed by atoms with Gasteiger partial charge in [-0.1, -0.05) is 12.2 Å². The molecule has 19 heavy (non-hydrogen) atoms. The third-order valence-electron chi connectivity index (χ3n) is 3.04. The molecule has 0 saturated carbocycles. The topological polar surface area (TPSA) is 57.4 Å². The molecule has 0 radical (unpaired) electrons. The fraction of sp³-hybridized carbons (Fsp3) is 0.133. The Morgan fingerprint density at radius 2 is 2.11 bits per heavy atom. The van der Waals surface area contributed by atoms with Crippen LogP contribution in [0.1, 0.15) is 11.1 Å². The van der Waals surface area contributed by atoms with Gasteiger partial charge < -0.3 is 15.2 Å². The first kappa shape index (κ1) is 11.6. The quantitative estimate of drug-likeness (QED) is 0.914. The third-order valence-corrected chi connectivity index (χ3v) is 3.04. The van der Waals surface area contributed by atoms with Gasteiger partial charge in [0.1, 0.15) is 11.6 Å². The smallest absolute Gasteiger partial charge is 0.169 e. The molecule has 4 heteroatoms. The SMILES string of the molecule is COc1cc2c(cc1Oc1ccnc(N)c1)C=CC2. The Hall–Kier alpha value is -2.49. The van der Waals surface area contributed by atoms with Crippen molar-refractivity contribution in [2.24, 2.45) is 0 Å². The van der Waals surface area contributed by atoms with Crippen LogP contribution >= 0.6 is 0 Å². The number of hydrogen-bond donors (Lipinski definition) is 1. The minimum Gasteiger partial charge on any atom is -0.493 e. The third kappa shape index (κ3) is 2.25. The van der Waals surface area contributed by atoms with E-state index in [4.69, 9.17) is 15.2 Å². The molecule has 1 aromatic heterocycles. The lowest BCUT2D eigenvalue weighted by molar-refractivity contribution is 0.378. The molecule has 1 heterocycles. The molecule has 0 spiro atoms. The predicted molar refractivity (Wildman–Crippen MR) is 74.5 cm³/mol. The zero-order valence-corrected chi connectivity index (χ0v) is 10.6. The molecule has 3 rings (SSSR count). The Kier molecular flexibility index (Phi) is 2.83. The molecule has 1 aliphatic carbocycles. The van der Waals surface area contributed by atoms with E-state index >= 15 is 0 Å². The van der Waals surface area contributed by atoms with E-state index in [1.807, 2.05) is 12.1 Å². The average Bonchev–Trinajstić information content (AvgIpc) is 2.85. The van der Waals surface area contributed by atoms with Crippen LogP contribution in [0.25, 0.3) is 6.08 Å². The summed E-state index contributed by atoms with van der Waals surface area (Å²) in [4.78, 5) is 3.94. The average molecular weight is 254 g/mol. The zero-order chi connectivity index (χ0) is 13.2. The first-order chi connectivity index (χ1) is 9.26. The summed E-state index contributed by atoms with van der Waals surface area (Å²) < 4.78 is 11.2. The van der Waals surface area contributed by atoms with E-state index < -0.39 is 0 Å². The molecule has 0 aliphatic heterocycles. The lowest BCUT2D eigenvalue weighted by Gasteiger charge is -2.12. The van der Waals surface area contributed by atoms with Crippen molar-refractivity contribution < 1.29 is 9.47 Å². The molecular weight excluding hydrogens is 240 g/mol. The molecule has 0 fully saturated rings. The fourth-order valence-electron chi connectivity index (χ4n) is 2.12. The number of allylic oxidation sites excluding steroid dienone is 1. The second-order valence-corrected chi connectivity index (χ2v) is 4.33. The van der Waals surface area contributed by atoms with Crippen molar-refractivity contribution in [1.29, 1.82) is 0 Å². The molecule has 1 aromatic carbocycles. The van der Waals surface area contributed by atoms with Gasteiger partial charge in [-0.3, -0.25) is 0 Å².